The Morgan fingerprint density at radius 1 is 1.03 bits per heavy atom. The van der Waals surface area contributed by atoms with E-state index in [2.05, 4.69) is 9.80 Å². The highest BCUT2D eigenvalue weighted by Gasteiger charge is 2.31. The number of nitrogens with zero attached hydrogens (tertiary/aromatic N) is 2. The van der Waals surface area contributed by atoms with Crippen molar-refractivity contribution in [3.05, 3.63) is 63.6 Å². The van der Waals surface area contributed by atoms with Gasteiger partial charge in [-0.3, -0.25) is 9.69 Å². The molecule has 1 unspecified atom stereocenters. The maximum atomic E-state index is 11.9. The van der Waals surface area contributed by atoms with Crippen molar-refractivity contribution in [3.8, 4) is 5.75 Å². The average Bonchev–Trinajstić information content (AvgIpc) is 2.85. The molecule has 1 N–H and O–H groups in total. The van der Waals surface area contributed by atoms with Gasteiger partial charge in [0.15, 0.2) is 0 Å². The van der Waals surface area contributed by atoms with Crippen molar-refractivity contribution in [2.45, 2.75) is 51.2 Å². The lowest BCUT2D eigenvalue weighted by atomic mass is 9.93. The van der Waals surface area contributed by atoms with Gasteiger partial charge in [-0.1, -0.05) is 53.5 Å². The van der Waals surface area contributed by atoms with Crippen LogP contribution in [0.2, 0.25) is 10.0 Å². The first-order valence-electron chi connectivity index (χ1n) is 12.2. The molecule has 2 saturated heterocycles. The summed E-state index contributed by atoms with van der Waals surface area (Å²) in [5.74, 6) is 0.617. The Kier molecular flexibility index (Phi) is 8.75. The van der Waals surface area contributed by atoms with Gasteiger partial charge in [-0.25, -0.2) is 0 Å². The molecule has 0 aromatic heterocycles. The van der Waals surface area contributed by atoms with Crippen LogP contribution in [-0.2, 0) is 11.2 Å². The van der Waals surface area contributed by atoms with Gasteiger partial charge in [0, 0.05) is 24.7 Å². The fourth-order valence-corrected chi connectivity index (χ4v) is 5.55. The number of piperidine rings is 2. The number of ether oxygens (including phenoxy) is 1. The minimum absolute atomic E-state index is 0.172. The topological polar surface area (TPSA) is 53.0 Å². The highest BCUT2D eigenvalue weighted by Crippen LogP contribution is 2.34. The molecule has 0 bridgehead atoms. The van der Waals surface area contributed by atoms with Crippen molar-refractivity contribution >= 4 is 29.2 Å². The Hall–Kier alpha value is -1.79. The van der Waals surface area contributed by atoms with Crippen LogP contribution in [0.1, 0.15) is 36.8 Å². The molecular weight excluding hydrogens is 471 g/mol. The molecule has 2 aromatic rings. The monoisotopic (exact) mass is 504 g/mol. The smallest absolute Gasteiger partial charge is 0.321 e. The van der Waals surface area contributed by atoms with E-state index in [1.165, 1.54) is 0 Å². The van der Waals surface area contributed by atoms with E-state index < -0.39 is 12.0 Å². The van der Waals surface area contributed by atoms with Gasteiger partial charge in [-0.15, -0.1) is 0 Å². The van der Waals surface area contributed by atoms with Crippen LogP contribution in [0, 0.1) is 12.8 Å². The number of halogens is 2. The SMILES string of the molecule is Cc1c(Cl)ccc(OC2CCN(CC3CCN(C(Cc4ccccc4)C(=O)O)CC3)CC2)c1Cl. The van der Waals surface area contributed by atoms with Crippen LogP contribution in [0.5, 0.6) is 5.75 Å². The van der Waals surface area contributed by atoms with Gasteiger partial charge in [0.2, 0.25) is 0 Å². The van der Waals surface area contributed by atoms with Crippen LogP contribution in [-0.4, -0.2) is 65.7 Å². The lowest BCUT2D eigenvalue weighted by Gasteiger charge is -2.39. The molecule has 184 valence electrons. The zero-order valence-corrected chi connectivity index (χ0v) is 21.3. The standard InChI is InChI=1S/C27H34Cl2N2O3/c1-19-23(28)7-8-25(26(19)29)34-22-11-13-30(14-12-22)18-21-9-15-31(16-10-21)24(27(32)33)17-20-5-3-2-4-6-20/h2-8,21-22,24H,9-18H2,1H3,(H,32,33). The summed E-state index contributed by atoms with van der Waals surface area (Å²) in [6.07, 6.45) is 4.80. The van der Waals surface area contributed by atoms with Crippen LogP contribution < -0.4 is 4.74 Å². The van der Waals surface area contributed by atoms with Crippen LogP contribution in [0.4, 0.5) is 0 Å². The summed E-state index contributed by atoms with van der Waals surface area (Å²) in [4.78, 5) is 16.6. The molecule has 7 heteroatoms. The van der Waals surface area contributed by atoms with Gasteiger partial charge < -0.3 is 14.7 Å². The van der Waals surface area contributed by atoms with E-state index >= 15 is 0 Å². The predicted molar refractivity (Wildman–Crippen MR) is 137 cm³/mol. The minimum atomic E-state index is -0.722. The van der Waals surface area contributed by atoms with Gasteiger partial charge in [0.05, 0.1) is 5.02 Å². The maximum Gasteiger partial charge on any atom is 0.321 e. The normalized spacial score (nSPS) is 19.7. The summed E-state index contributed by atoms with van der Waals surface area (Å²) in [5, 5.41) is 11.1. The molecular formula is C27H34Cl2N2O3. The lowest BCUT2D eigenvalue weighted by molar-refractivity contribution is -0.144. The van der Waals surface area contributed by atoms with E-state index in [0.29, 0.717) is 22.4 Å². The molecule has 0 saturated carbocycles. The zero-order chi connectivity index (χ0) is 24.1. The Balaban J connectivity index is 1.21. The Morgan fingerprint density at radius 2 is 1.71 bits per heavy atom. The van der Waals surface area contributed by atoms with Crippen molar-refractivity contribution in [1.82, 2.24) is 9.80 Å². The van der Waals surface area contributed by atoms with Crippen LogP contribution in [0.3, 0.4) is 0 Å². The third kappa shape index (κ3) is 6.45. The number of hydrogen-bond donors (Lipinski definition) is 1. The highest BCUT2D eigenvalue weighted by atomic mass is 35.5. The van der Waals surface area contributed by atoms with Gasteiger partial charge in [0.1, 0.15) is 17.9 Å². The Morgan fingerprint density at radius 3 is 2.35 bits per heavy atom. The Bertz CT molecular complexity index is 956. The first-order chi connectivity index (χ1) is 16.4. The van der Waals surface area contributed by atoms with E-state index in [-0.39, 0.29) is 6.10 Å². The maximum absolute atomic E-state index is 11.9. The van der Waals surface area contributed by atoms with Crippen LogP contribution in [0.25, 0.3) is 0 Å². The van der Waals surface area contributed by atoms with Crippen molar-refractivity contribution < 1.29 is 14.6 Å². The third-order valence-electron chi connectivity index (χ3n) is 7.28. The van der Waals surface area contributed by atoms with Crippen molar-refractivity contribution in [1.29, 1.82) is 0 Å². The summed E-state index contributed by atoms with van der Waals surface area (Å²) in [6, 6.07) is 13.2. The first kappa shape index (κ1) is 25.3. The molecule has 2 aliphatic rings. The second-order valence-electron chi connectivity index (χ2n) is 9.63. The van der Waals surface area contributed by atoms with E-state index in [0.717, 1.165) is 75.3 Å². The average molecular weight is 505 g/mol. The van der Waals surface area contributed by atoms with Gasteiger partial charge in [-0.05, 0) is 81.3 Å². The van der Waals surface area contributed by atoms with Crippen molar-refractivity contribution in [2.75, 3.05) is 32.7 Å². The van der Waals surface area contributed by atoms with Crippen LogP contribution in [0.15, 0.2) is 42.5 Å². The number of hydrogen-bond acceptors (Lipinski definition) is 4. The molecule has 0 amide bonds. The molecule has 5 nitrogen and oxygen atoms in total. The second kappa shape index (κ2) is 11.8. The van der Waals surface area contributed by atoms with Gasteiger partial charge >= 0.3 is 5.97 Å². The van der Waals surface area contributed by atoms with E-state index in [9.17, 15) is 9.90 Å². The largest absolute Gasteiger partial charge is 0.489 e. The second-order valence-corrected chi connectivity index (χ2v) is 10.4. The molecule has 0 aliphatic carbocycles. The number of carbonyl (C=O) groups is 1. The number of rotatable bonds is 8. The first-order valence-corrected chi connectivity index (χ1v) is 13.0. The summed E-state index contributed by atoms with van der Waals surface area (Å²) in [6.45, 7) is 6.72. The lowest BCUT2D eigenvalue weighted by Crippen LogP contribution is -2.48. The summed E-state index contributed by atoms with van der Waals surface area (Å²) in [5.41, 5.74) is 1.94. The predicted octanol–water partition coefficient (Wildman–Crippen LogP) is 5.55. The summed E-state index contributed by atoms with van der Waals surface area (Å²) in [7, 11) is 0. The quantitative estimate of drug-likeness (QED) is 0.510. The minimum Gasteiger partial charge on any atom is -0.489 e. The van der Waals surface area contributed by atoms with E-state index in [1.54, 1.807) is 0 Å². The molecule has 2 aliphatic heterocycles. The number of aliphatic carboxylic acids is 1. The van der Waals surface area contributed by atoms with Crippen molar-refractivity contribution in [2.24, 2.45) is 5.92 Å². The number of carboxylic acid groups (broad SMARTS) is 1. The Labute approximate surface area is 212 Å². The molecule has 2 aromatic carbocycles. The molecule has 2 heterocycles. The molecule has 0 radical (unpaired) electrons. The molecule has 34 heavy (non-hydrogen) atoms. The third-order valence-corrected chi connectivity index (χ3v) is 8.16. The van der Waals surface area contributed by atoms with Crippen molar-refractivity contribution in [3.63, 3.8) is 0 Å². The fraction of sp³-hybridized carbons (Fsp3) is 0.519. The summed E-state index contributed by atoms with van der Waals surface area (Å²) < 4.78 is 6.19. The molecule has 4 rings (SSSR count). The number of benzene rings is 2. The molecule has 0 spiro atoms. The molecule has 2 fully saturated rings. The highest BCUT2D eigenvalue weighted by molar-refractivity contribution is 6.36. The number of carboxylic acids is 1. The van der Waals surface area contributed by atoms with Gasteiger partial charge in [0.25, 0.3) is 0 Å². The summed E-state index contributed by atoms with van der Waals surface area (Å²) >= 11 is 12.6. The fourth-order valence-electron chi connectivity index (χ4n) is 5.14. The number of likely N-dealkylation sites (tertiary alicyclic amines) is 2. The van der Waals surface area contributed by atoms with E-state index in [4.69, 9.17) is 27.9 Å². The van der Waals surface area contributed by atoms with E-state index in [1.807, 2.05) is 49.4 Å². The molecule has 1 atom stereocenters. The van der Waals surface area contributed by atoms with Gasteiger partial charge in [-0.2, -0.15) is 0 Å². The van der Waals surface area contributed by atoms with Crippen LogP contribution >= 0.6 is 23.2 Å². The zero-order valence-electron chi connectivity index (χ0n) is 19.8.